The normalized spacial score (nSPS) is 13.4. The molecule has 0 aliphatic carbocycles. The van der Waals surface area contributed by atoms with Gasteiger partial charge >= 0.3 is 5.97 Å². The molecule has 7 heteroatoms. The van der Waals surface area contributed by atoms with Gasteiger partial charge in [-0.2, -0.15) is 0 Å². The van der Waals surface area contributed by atoms with Crippen LogP contribution in [0.3, 0.4) is 0 Å². The van der Waals surface area contributed by atoms with Crippen molar-refractivity contribution in [1.29, 1.82) is 0 Å². The van der Waals surface area contributed by atoms with Crippen molar-refractivity contribution < 1.29 is 14.3 Å². The van der Waals surface area contributed by atoms with Crippen LogP contribution in [0, 0.1) is 0 Å². The van der Waals surface area contributed by atoms with E-state index < -0.39 is 5.97 Å². The minimum Gasteiger partial charge on any atom is -0.465 e. The van der Waals surface area contributed by atoms with Crippen molar-refractivity contribution in [3.05, 3.63) is 81.7 Å². The molecule has 0 fully saturated rings. The third-order valence-corrected chi connectivity index (χ3v) is 7.46. The highest BCUT2D eigenvalue weighted by Crippen LogP contribution is 2.38. The van der Waals surface area contributed by atoms with Crippen molar-refractivity contribution in [3.63, 3.8) is 0 Å². The second-order valence-corrected chi connectivity index (χ2v) is 10.00. The van der Waals surface area contributed by atoms with E-state index in [0.717, 1.165) is 47.1 Å². The predicted octanol–water partition coefficient (Wildman–Crippen LogP) is 5.46. The van der Waals surface area contributed by atoms with Gasteiger partial charge in [-0.05, 0) is 47.6 Å². The summed E-state index contributed by atoms with van der Waals surface area (Å²) in [5, 5.41) is 3.54. The highest BCUT2D eigenvalue weighted by Gasteiger charge is 2.29. The second-order valence-electron chi connectivity index (χ2n) is 7.56. The molecule has 1 aliphatic heterocycles. The summed E-state index contributed by atoms with van der Waals surface area (Å²) in [4.78, 5) is 30.1. The van der Waals surface area contributed by atoms with Gasteiger partial charge in [-0.3, -0.25) is 9.69 Å². The minimum absolute atomic E-state index is 0.219. The van der Waals surface area contributed by atoms with Gasteiger partial charge in [0.15, 0.2) is 0 Å². The van der Waals surface area contributed by atoms with Gasteiger partial charge in [0.2, 0.25) is 0 Å². The Labute approximate surface area is 196 Å². The SMILES string of the molecule is CCSc1ccc(C(=O)Nc2sc3c(c2C(=O)OC)CCN(Cc2ccccc2)C3)cc1. The molecular weight excluding hydrogens is 440 g/mol. The number of esters is 1. The first kappa shape index (κ1) is 22.6. The Morgan fingerprint density at radius 2 is 1.88 bits per heavy atom. The van der Waals surface area contributed by atoms with E-state index in [1.807, 2.05) is 42.5 Å². The van der Waals surface area contributed by atoms with Crippen LogP contribution in [0.2, 0.25) is 0 Å². The first-order valence-electron chi connectivity index (χ1n) is 10.6. The lowest BCUT2D eigenvalue weighted by Crippen LogP contribution is -2.29. The average molecular weight is 467 g/mol. The molecule has 1 N–H and O–H groups in total. The van der Waals surface area contributed by atoms with Crippen LogP contribution < -0.4 is 5.32 Å². The van der Waals surface area contributed by atoms with Crippen molar-refractivity contribution >= 4 is 40.0 Å². The molecule has 1 aromatic heterocycles. The molecule has 166 valence electrons. The quantitative estimate of drug-likeness (QED) is 0.370. The zero-order valence-electron chi connectivity index (χ0n) is 18.2. The molecule has 1 aliphatic rings. The van der Waals surface area contributed by atoms with Crippen molar-refractivity contribution in [2.75, 3.05) is 24.7 Å². The van der Waals surface area contributed by atoms with Crippen molar-refractivity contribution in [3.8, 4) is 0 Å². The molecule has 0 bridgehead atoms. The van der Waals surface area contributed by atoms with Crippen molar-refractivity contribution in [1.82, 2.24) is 4.90 Å². The number of carbonyl (C=O) groups is 2. The fourth-order valence-corrected chi connectivity index (χ4v) is 5.82. The van der Waals surface area contributed by atoms with Crippen molar-refractivity contribution in [2.24, 2.45) is 0 Å². The van der Waals surface area contributed by atoms with Crippen LogP contribution >= 0.6 is 23.1 Å². The summed E-state index contributed by atoms with van der Waals surface area (Å²) in [5.74, 6) is 0.364. The number of thiophene rings is 1. The van der Waals surface area contributed by atoms with Crippen LogP contribution in [0.1, 0.15) is 43.6 Å². The van der Waals surface area contributed by atoms with Gasteiger partial charge in [-0.25, -0.2) is 4.79 Å². The highest BCUT2D eigenvalue weighted by atomic mass is 32.2. The number of thioether (sulfide) groups is 1. The Balaban J connectivity index is 1.55. The van der Waals surface area contributed by atoms with Crippen LogP contribution in [-0.2, 0) is 24.2 Å². The molecular formula is C25H26N2O3S2. The van der Waals surface area contributed by atoms with E-state index >= 15 is 0 Å². The van der Waals surface area contributed by atoms with Gasteiger partial charge in [0.05, 0.1) is 12.7 Å². The number of anilines is 1. The number of benzene rings is 2. The van der Waals surface area contributed by atoms with Crippen LogP contribution in [0.5, 0.6) is 0 Å². The van der Waals surface area contributed by atoms with E-state index in [1.165, 1.54) is 24.0 Å². The molecule has 0 unspecified atom stereocenters. The molecule has 0 atom stereocenters. The molecule has 1 amide bonds. The average Bonchev–Trinajstić information content (AvgIpc) is 3.17. The van der Waals surface area contributed by atoms with Gasteiger partial charge in [0.1, 0.15) is 5.00 Å². The molecule has 2 aromatic carbocycles. The van der Waals surface area contributed by atoms with Crippen molar-refractivity contribution in [2.45, 2.75) is 31.3 Å². The summed E-state index contributed by atoms with van der Waals surface area (Å²) in [5.41, 5.74) is 3.33. The maximum absolute atomic E-state index is 12.9. The second kappa shape index (κ2) is 10.3. The molecule has 0 saturated carbocycles. The minimum atomic E-state index is -0.399. The number of nitrogens with one attached hydrogen (secondary N) is 1. The van der Waals surface area contributed by atoms with Crippen LogP contribution in [0.15, 0.2) is 59.5 Å². The highest BCUT2D eigenvalue weighted by molar-refractivity contribution is 7.99. The van der Waals surface area contributed by atoms with Crippen LogP contribution in [0.4, 0.5) is 5.00 Å². The summed E-state index contributed by atoms with van der Waals surface area (Å²) < 4.78 is 5.05. The van der Waals surface area contributed by atoms with E-state index in [9.17, 15) is 9.59 Å². The van der Waals surface area contributed by atoms with Gasteiger partial charge in [0.25, 0.3) is 5.91 Å². The molecule has 5 nitrogen and oxygen atoms in total. The Hall–Kier alpha value is -2.61. The largest absolute Gasteiger partial charge is 0.465 e. The smallest absolute Gasteiger partial charge is 0.341 e. The van der Waals surface area contributed by atoms with Crippen LogP contribution in [-0.4, -0.2) is 36.2 Å². The number of carbonyl (C=O) groups excluding carboxylic acids is 2. The first-order valence-corrected chi connectivity index (χ1v) is 12.4. The Morgan fingerprint density at radius 3 is 2.56 bits per heavy atom. The van der Waals surface area contributed by atoms with E-state index in [1.54, 1.807) is 11.8 Å². The van der Waals surface area contributed by atoms with E-state index in [2.05, 4.69) is 29.3 Å². The fourth-order valence-electron chi connectivity index (χ4n) is 3.88. The number of ether oxygens (including phenoxy) is 1. The van der Waals surface area contributed by atoms with E-state index in [4.69, 9.17) is 4.74 Å². The standard InChI is InChI=1S/C25H26N2O3S2/c1-3-31-19-11-9-18(10-12-19)23(28)26-24-22(25(29)30-2)20-13-14-27(16-21(20)32-24)15-17-7-5-4-6-8-17/h4-12H,3,13-16H2,1-2H3,(H,26,28). The molecule has 2 heterocycles. The zero-order chi connectivity index (χ0) is 22.5. The number of nitrogens with zero attached hydrogens (tertiary/aromatic N) is 1. The summed E-state index contributed by atoms with van der Waals surface area (Å²) in [6.45, 7) is 4.55. The number of rotatable bonds is 7. The monoisotopic (exact) mass is 466 g/mol. The molecule has 0 saturated heterocycles. The lowest BCUT2D eigenvalue weighted by atomic mass is 10.0. The van der Waals surface area contributed by atoms with E-state index in [-0.39, 0.29) is 5.91 Å². The molecule has 3 aromatic rings. The number of hydrogen-bond acceptors (Lipinski definition) is 6. The van der Waals surface area contributed by atoms with Gasteiger partial charge in [-0.15, -0.1) is 23.1 Å². The third-order valence-electron chi connectivity index (χ3n) is 5.43. The molecule has 0 spiro atoms. The Kier molecular flexibility index (Phi) is 7.29. The Morgan fingerprint density at radius 1 is 1.12 bits per heavy atom. The fraction of sp³-hybridized carbons (Fsp3) is 0.280. The number of amides is 1. The number of fused-ring (bicyclic) bond motifs is 1. The third kappa shape index (κ3) is 5.06. The topological polar surface area (TPSA) is 58.6 Å². The van der Waals surface area contributed by atoms with Crippen LogP contribution in [0.25, 0.3) is 0 Å². The number of methoxy groups -OCH3 is 1. The summed E-state index contributed by atoms with van der Waals surface area (Å²) in [6.07, 6.45) is 0.752. The zero-order valence-corrected chi connectivity index (χ0v) is 19.9. The summed E-state index contributed by atoms with van der Waals surface area (Å²) in [6, 6.07) is 17.9. The van der Waals surface area contributed by atoms with Gasteiger partial charge < -0.3 is 10.1 Å². The maximum atomic E-state index is 12.9. The summed E-state index contributed by atoms with van der Waals surface area (Å²) >= 11 is 3.21. The van der Waals surface area contributed by atoms with E-state index in [0.29, 0.717) is 16.1 Å². The summed E-state index contributed by atoms with van der Waals surface area (Å²) in [7, 11) is 1.38. The van der Waals surface area contributed by atoms with Gasteiger partial charge in [-0.1, -0.05) is 37.3 Å². The number of hydrogen-bond donors (Lipinski definition) is 1. The molecule has 32 heavy (non-hydrogen) atoms. The first-order chi connectivity index (χ1) is 15.6. The lowest BCUT2D eigenvalue weighted by molar-refractivity contribution is 0.0600. The maximum Gasteiger partial charge on any atom is 0.341 e. The molecule has 4 rings (SSSR count). The Bertz CT molecular complexity index is 1090. The lowest BCUT2D eigenvalue weighted by Gasteiger charge is -2.27. The predicted molar refractivity (Wildman–Crippen MR) is 131 cm³/mol. The van der Waals surface area contributed by atoms with Gasteiger partial charge in [0, 0.05) is 35.0 Å². The molecule has 0 radical (unpaired) electrons.